The molecule has 10 atom stereocenters. The number of hydrogen-bond donors (Lipinski definition) is 6. The molecule has 0 amide bonds. The molecular formula is C22H25NO9. The molecule has 0 radical (unpaired) electrons. The first kappa shape index (κ1) is 20.4. The lowest BCUT2D eigenvalue weighted by Gasteiger charge is -2.54. The zero-order chi connectivity index (χ0) is 22.4. The molecule has 5 aliphatic rings. The number of benzene rings is 1. The van der Waals surface area contributed by atoms with Crippen molar-refractivity contribution in [2.24, 2.45) is 5.92 Å². The van der Waals surface area contributed by atoms with Gasteiger partial charge in [0.1, 0.15) is 30.5 Å². The summed E-state index contributed by atoms with van der Waals surface area (Å²) >= 11 is 0. The second-order valence-electron chi connectivity index (χ2n) is 9.29. The van der Waals surface area contributed by atoms with Gasteiger partial charge in [0, 0.05) is 22.9 Å². The second-order valence-corrected chi connectivity index (χ2v) is 9.29. The molecule has 10 heteroatoms. The Hall–Kier alpha value is -2.21. The first-order valence-electron chi connectivity index (χ1n) is 10.8. The smallest absolute Gasteiger partial charge is 0.335 e. The van der Waals surface area contributed by atoms with Crippen molar-refractivity contribution in [3.8, 4) is 11.5 Å². The normalized spacial score (nSPS) is 45.8. The van der Waals surface area contributed by atoms with Crippen LogP contribution >= 0.6 is 0 Å². The van der Waals surface area contributed by atoms with Gasteiger partial charge in [0.05, 0.1) is 0 Å². The van der Waals surface area contributed by atoms with E-state index in [2.05, 4.69) is 11.4 Å². The Morgan fingerprint density at radius 2 is 1.97 bits per heavy atom. The number of carbonyl (C=O) groups is 1. The van der Waals surface area contributed by atoms with E-state index >= 15 is 0 Å². The third-order valence-electron chi connectivity index (χ3n) is 7.77. The van der Waals surface area contributed by atoms with Gasteiger partial charge in [-0.15, -0.1) is 0 Å². The molecule has 3 heterocycles. The molecule has 10 nitrogen and oxygen atoms in total. The van der Waals surface area contributed by atoms with E-state index in [1.54, 1.807) is 6.07 Å². The van der Waals surface area contributed by atoms with Crippen molar-refractivity contribution in [3.63, 3.8) is 0 Å². The number of hydrogen-bond acceptors (Lipinski definition) is 9. The Balaban J connectivity index is 1.37. The van der Waals surface area contributed by atoms with Crippen molar-refractivity contribution >= 4 is 5.97 Å². The van der Waals surface area contributed by atoms with E-state index < -0.39 is 54.3 Å². The van der Waals surface area contributed by atoms with E-state index in [1.807, 2.05) is 12.1 Å². The summed E-state index contributed by atoms with van der Waals surface area (Å²) in [6, 6.07) is 3.76. The number of rotatable bonds is 3. The van der Waals surface area contributed by atoms with Gasteiger partial charge in [-0.2, -0.15) is 0 Å². The highest BCUT2D eigenvalue weighted by Gasteiger charge is 2.64. The summed E-state index contributed by atoms with van der Waals surface area (Å²) < 4.78 is 17.6. The SMILES string of the molecule is O=C(O)[C@H]1O[C@@H](O[C@H]2C=C[C@H]3[C@H]4Cc5ccc(O)c6c5[C@@]3(CCN4)[C@H]2O6)[C@H](O)[C@@H](O)[C@@H]1O. The highest BCUT2D eigenvalue weighted by molar-refractivity contribution is 5.73. The van der Waals surface area contributed by atoms with E-state index in [9.17, 15) is 30.3 Å². The maximum absolute atomic E-state index is 11.4. The number of phenolic OH excluding ortho intramolecular Hbond substituents is 1. The van der Waals surface area contributed by atoms with Gasteiger partial charge in [0.15, 0.2) is 23.9 Å². The summed E-state index contributed by atoms with van der Waals surface area (Å²) in [6.45, 7) is 0.769. The van der Waals surface area contributed by atoms with Crippen LogP contribution in [0, 0.1) is 5.92 Å². The average Bonchev–Trinajstić information content (AvgIpc) is 3.11. The third kappa shape index (κ3) is 2.53. The first-order valence-corrected chi connectivity index (χ1v) is 10.8. The summed E-state index contributed by atoms with van der Waals surface area (Å²) in [5, 5.41) is 53.9. The van der Waals surface area contributed by atoms with E-state index in [0.717, 1.165) is 30.5 Å². The van der Waals surface area contributed by atoms with Crippen LogP contribution in [0.3, 0.4) is 0 Å². The van der Waals surface area contributed by atoms with E-state index in [0.29, 0.717) is 5.75 Å². The lowest BCUT2D eigenvalue weighted by Crippen LogP contribution is -2.66. The van der Waals surface area contributed by atoms with Crippen molar-refractivity contribution in [1.82, 2.24) is 5.32 Å². The molecule has 1 aromatic rings. The number of ether oxygens (including phenoxy) is 3. The lowest BCUT2D eigenvalue weighted by molar-refractivity contribution is -0.307. The quantitative estimate of drug-likeness (QED) is 0.310. The van der Waals surface area contributed by atoms with E-state index in [-0.39, 0.29) is 17.7 Å². The molecule has 2 aliphatic carbocycles. The number of piperidine rings is 1. The number of nitrogens with one attached hydrogen (secondary N) is 1. The molecule has 0 aromatic heterocycles. The topological polar surface area (TPSA) is 158 Å². The monoisotopic (exact) mass is 447 g/mol. The number of carboxylic acids is 1. The number of aliphatic hydroxyl groups excluding tert-OH is 3. The number of aliphatic hydroxyl groups is 3. The molecular weight excluding hydrogens is 422 g/mol. The molecule has 2 bridgehead atoms. The summed E-state index contributed by atoms with van der Waals surface area (Å²) in [7, 11) is 0. The number of aromatic hydroxyl groups is 1. The Kier molecular flexibility index (Phi) is 4.40. The van der Waals surface area contributed by atoms with Gasteiger partial charge in [0.25, 0.3) is 0 Å². The molecule has 6 rings (SSSR count). The number of aliphatic carboxylic acids is 1. The fourth-order valence-electron chi connectivity index (χ4n) is 6.40. The zero-order valence-electron chi connectivity index (χ0n) is 17.0. The molecule has 0 unspecified atom stereocenters. The van der Waals surface area contributed by atoms with Gasteiger partial charge >= 0.3 is 5.97 Å². The van der Waals surface area contributed by atoms with Crippen molar-refractivity contribution in [1.29, 1.82) is 0 Å². The molecule has 1 spiro atoms. The number of carboxylic acid groups (broad SMARTS) is 1. The Morgan fingerprint density at radius 1 is 1.16 bits per heavy atom. The Labute approximate surface area is 183 Å². The summed E-state index contributed by atoms with van der Waals surface area (Å²) in [5.41, 5.74) is 1.66. The van der Waals surface area contributed by atoms with Gasteiger partial charge in [-0.3, -0.25) is 0 Å². The van der Waals surface area contributed by atoms with Crippen LogP contribution in [-0.4, -0.2) is 87.0 Å². The molecule has 2 saturated heterocycles. The minimum absolute atomic E-state index is 0.0560. The molecule has 2 fully saturated rings. The zero-order valence-corrected chi connectivity index (χ0v) is 17.0. The molecule has 32 heavy (non-hydrogen) atoms. The summed E-state index contributed by atoms with van der Waals surface area (Å²) in [4.78, 5) is 11.4. The highest BCUT2D eigenvalue weighted by atomic mass is 16.7. The average molecular weight is 447 g/mol. The van der Waals surface area contributed by atoms with Crippen LogP contribution in [0.25, 0.3) is 0 Å². The maximum Gasteiger partial charge on any atom is 0.335 e. The molecule has 1 aromatic carbocycles. The predicted molar refractivity (Wildman–Crippen MR) is 106 cm³/mol. The predicted octanol–water partition coefficient (Wildman–Crippen LogP) is -1.23. The Bertz CT molecular complexity index is 998. The van der Waals surface area contributed by atoms with Gasteiger partial charge in [0.2, 0.25) is 0 Å². The van der Waals surface area contributed by atoms with Gasteiger partial charge < -0.3 is 45.1 Å². The van der Waals surface area contributed by atoms with Crippen LogP contribution in [0.5, 0.6) is 11.5 Å². The van der Waals surface area contributed by atoms with Gasteiger partial charge in [-0.25, -0.2) is 4.79 Å². The van der Waals surface area contributed by atoms with Crippen LogP contribution in [0.1, 0.15) is 17.5 Å². The maximum atomic E-state index is 11.4. The summed E-state index contributed by atoms with van der Waals surface area (Å²) in [6.07, 6.45) is -4.26. The van der Waals surface area contributed by atoms with E-state index in [4.69, 9.17) is 14.2 Å². The van der Waals surface area contributed by atoms with Crippen molar-refractivity contribution in [2.45, 2.75) is 67.2 Å². The van der Waals surface area contributed by atoms with Crippen molar-refractivity contribution < 1.29 is 44.5 Å². The van der Waals surface area contributed by atoms with Crippen LogP contribution in [-0.2, 0) is 26.1 Å². The highest BCUT2D eigenvalue weighted by Crippen LogP contribution is 2.61. The standard InChI is InChI=1S/C22H25NO9/c24-11-3-1-8-7-10-9-2-4-12(19-22(9,5-6-23-10)13(8)17(11)31-19)30-21-16(27)14(25)15(26)18(32-21)20(28)29/h1-4,9-10,12,14-16,18-19,21,23-27H,5-7H2,(H,28,29)/t9-,10+,12-,14-,15-,16+,18-,19-,21+,22-/m0/s1. The summed E-state index contributed by atoms with van der Waals surface area (Å²) in [5.74, 6) is -0.852. The van der Waals surface area contributed by atoms with Crippen LogP contribution in [0.2, 0.25) is 0 Å². The third-order valence-corrected chi connectivity index (χ3v) is 7.77. The largest absolute Gasteiger partial charge is 0.504 e. The van der Waals surface area contributed by atoms with Crippen LogP contribution in [0.4, 0.5) is 0 Å². The Morgan fingerprint density at radius 3 is 2.75 bits per heavy atom. The van der Waals surface area contributed by atoms with Crippen LogP contribution in [0.15, 0.2) is 24.3 Å². The fraction of sp³-hybridized carbons (Fsp3) is 0.591. The second kappa shape index (κ2) is 6.89. The number of phenols is 1. The van der Waals surface area contributed by atoms with Crippen molar-refractivity contribution in [3.05, 3.63) is 35.4 Å². The lowest BCUT2D eigenvalue weighted by atomic mass is 9.53. The first-order chi connectivity index (χ1) is 15.3. The van der Waals surface area contributed by atoms with Crippen LogP contribution < -0.4 is 10.1 Å². The van der Waals surface area contributed by atoms with Gasteiger partial charge in [-0.05, 0) is 31.0 Å². The van der Waals surface area contributed by atoms with Gasteiger partial charge in [-0.1, -0.05) is 18.2 Å². The van der Waals surface area contributed by atoms with E-state index in [1.165, 1.54) is 0 Å². The minimum Gasteiger partial charge on any atom is -0.504 e. The minimum atomic E-state index is -1.79. The molecule has 3 aliphatic heterocycles. The van der Waals surface area contributed by atoms with Crippen molar-refractivity contribution in [2.75, 3.05) is 6.54 Å². The molecule has 172 valence electrons. The fourth-order valence-corrected chi connectivity index (χ4v) is 6.40. The molecule has 6 N–H and O–H groups in total. The molecule has 0 saturated carbocycles.